The summed E-state index contributed by atoms with van der Waals surface area (Å²) in [6, 6.07) is 0. The number of ether oxygens (including phenoxy) is 3. The van der Waals surface area contributed by atoms with Gasteiger partial charge in [0.1, 0.15) is 19.8 Å². The molecule has 0 fully saturated rings. The summed E-state index contributed by atoms with van der Waals surface area (Å²) in [4.78, 5) is 36.3. The molecule has 0 saturated carbocycles. The van der Waals surface area contributed by atoms with E-state index in [1.807, 2.05) is 374 Å². The number of hydrogen-bond donors (Lipinski definition) is 4. The van der Waals surface area contributed by atoms with E-state index in [9.17, 15) is 0 Å². The predicted octanol–water partition coefficient (Wildman–Crippen LogP) is 34.5. The van der Waals surface area contributed by atoms with E-state index in [0.29, 0.717) is 13.2 Å². The normalized spacial score (nSPS) is 12.1. The molecule has 4 N–H and O–H groups in total. The molecule has 0 radical (unpaired) electrons. The van der Waals surface area contributed by atoms with Crippen molar-refractivity contribution in [2.45, 2.75) is 442 Å². The molecular formula is C96H245N15O5S4. The highest BCUT2D eigenvalue weighted by Gasteiger charge is 1.92. The molecule has 0 saturated heterocycles. The summed E-state index contributed by atoms with van der Waals surface area (Å²) in [6.07, 6.45) is 30.1. The van der Waals surface area contributed by atoms with Crippen molar-refractivity contribution in [1.29, 1.82) is 0 Å². The highest BCUT2D eigenvalue weighted by Crippen LogP contribution is 2.09. The number of oxime groups is 2. The van der Waals surface area contributed by atoms with Gasteiger partial charge >= 0.3 is 0 Å². The van der Waals surface area contributed by atoms with Crippen LogP contribution in [0.1, 0.15) is 442 Å². The van der Waals surface area contributed by atoms with Crippen LogP contribution in [0.5, 0.6) is 0 Å². The van der Waals surface area contributed by atoms with Crippen LogP contribution in [0.25, 0.3) is 0 Å². The van der Waals surface area contributed by atoms with E-state index in [1.54, 1.807) is 66.3 Å². The van der Waals surface area contributed by atoms with Gasteiger partial charge in [0.25, 0.3) is 0 Å². The van der Waals surface area contributed by atoms with E-state index in [-0.39, 0.29) is 52.0 Å². The maximum absolute atomic E-state index is 4.78. The zero-order chi connectivity index (χ0) is 94.0. The summed E-state index contributed by atoms with van der Waals surface area (Å²) < 4.78 is 21.9. The topological polar surface area (TPSA) is 230 Å². The molecule has 12 rings (SSSR count). The van der Waals surface area contributed by atoms with Gasteiger partial charge in [-0.25, -0.2) is 14.2 Å². The first-order chi connectivity index (χ1) is 56.5. The van der Waals surface area contributed by atoms with Gasteiger partial charge in [0.05, 0.1) is 43.5 Å². The van der Waals surface area contributed by atoms with Crippen LogP contribution in [0.2, 0.25) is 0 Å². The lowest BCUT2D eigenvalue weighted by Gasteiger charge is -2.02. The van der Waals surface area contributed by atoms with Crippen LogP contribution in [0.3, 0.4) is 0 Å². The SMILES string of the molecule is C.C.C.C.C.C.C.C1=CNNC1.C1=NCCC1.C1=NCCCN1.C1=NCCCO1.C1=NCCCS1.C1=NCCN1.C1=NCCO1.C1=NCCS1.C1=NOCC1.C1=NOCCO1.C1=NSCC1.C1=NSCCC1.CC.CC.CC.CC.CC.CC.CC.CC.CC.CC.CC.CC.CC.CC.CC.CC.CC.CC.CC.CC.CC.CC.CC.CC. The maximum Gasteiger partial charge on any atom is 0.212 e. The summed E-state index contributed by atoms with van der Waals surface area (Å²) in [6.45, 7) is 110. The van der Waals surface area contributed by atoms with Crippen LogP contribution in [-0.4, -0.2) is 189 Å². The van der Waals surface area contributed by atoms with E-state index >= 15 is 0 Å². The second-order valence-electron chi connectivity index (χ2n) is 12.7. The van der Waals surface area contributed by atoms with Gasteiger partial charge < -0.3 is 39.9 Å². The Morgan fingerprint density at radius 1 is 0.267 bits per heavy atom. The van der Waals surface area contributed by atoms with Crippen molar-refractivity contribution in [3.63, 3.8) is 0 Å². The fourth-order valence-electron chi connectivity index (χ4n) is 4.04. The Bertz CT molecular complexity index is 1070. The minimum Gasteiger partial charge on any atom is -0.483 e. The van der Waals surface area contributed by atoms with Crippen LogP contribution in [0.15, 0.2) is 66.3 Å². The molecular weight excluding hydrogens is 1570 g/mol. The molecule has 0 amide bonds. The monoisotopic (exact) mass is 1820 g/mol. The van der Waals surface area contributed by atoms with Gasteiger partial charge in [-0.3, -0.25) is 34.9 Å². The molecule has 0 aromatic carbocycles. The van der Waals surface area contributed by atoms with Crippen LogP contribution >= 0.6 is 47.4 Å². The summed E-state index contributed by atoms with van der Waals surface area (Å²) in [5, 5.41) is 12.7. The van der Waals surface area contributed by atoms with Crippen LogP contribution in [-0.2, 0) is 23.9 Å². The van der Waals surface area contributed by atoms with Gasteiger partial charge in [0, 0.05) is 113 Å². The average Bonchev–Trinajstić information content (AvgIpc) is 2.07. The summed E-state index contributed by atoms with van der Waals surface area (Å²) >= 11 is 6.89. The van der Waals surface area contributed by atoms with E-state index in [0.717, 1.165) is 98.1 Å². The minimum atomic E-state index is 0. The Hall–Kier alpha value is -4.13. The smallest absolute Gasteiger partial charge is 0.212 e. The number of nitrogens with zero attached hydrogens (tertiary/aromatic N) is 11. The first kappa shape index (κ1) is 212. The highest BCUT2D eigenvalue weighted by molar-refractivity contribution is 8.12. The van der Waals surface area contributed by atoms with Crippen molar-refractivity contribution >= 4 is 115 Å². The lowest BCUT2D eigenvalue weighted by molar-refractivity contribution is 0.0719. The first-order valence-corrected chi connectivity index (χ1v) is 50.1. The number of aliphatic imine (C=N–C) groups is 7. The van der Waals surface area contributed by atoms with Gasteiger partial charge in [-0.05, 0) is 75.1 Å². The summed E-state index contributed by atoms with van der Waals surface area (Å²) in [5.74, 6) is 4.88. The molecule has 0 bridgehead atoms. The van der Waals surface area contributed by atoms with Crippen molar-refractivity contribution in [2.75, 3.05) is 121 Å². The molecule has 120 heavy (non-hydrogen) atoms. The minimum absolute atomic E-state index is 0. The Morgan fingerprint density at radius 3 is 0.758 bits per heavy atom. The molecule has 0 unspecified atom stereocenters. The number of thioether (sulfide) groups is 2. The number of nitrogens with one attached hydrogen (secondary N) is 4. The molecule has 20 nitrogen and oxygen atoms in total. The van der Waals surface area contributed by atoms with E-state index < -0.39 is 0 Å². The fourth-order valence-corrected chi connectivity index (χ4v) is 6.32. The van der Waals surface area contributed by atoms with E-state index in [2.05, 4.69) is 94.7 Å². The highest BCUT2D eigenvalue weighted by atomic mass is 32.2. The molecule has 0 atom stereocenters. The maximum atomic E-state index is 4.78. The molecule has 12 heterocycles. The van der Waals surface area contributed by atoms with Crippen molar-refractivity contribution in [1.82, 2.24) is 21.5 Å². The molecule has 758 valence electrons. The van der Waals surface area contributed by atoms with Crippen LogP contribution in [0, 0.1) is 0 Å². The number of hydrogen-bond acceptors (Lipinski definition) is 24. The zero-order valence-electron chi connectivity index (χ0n) is 85.9. The van der Waals surface area contributed by atoms with E-state index in [4.69, 9.17) is 4.74 Å². The lowest BCUT2D eigenvalue weighted by atomic mass is 10.4. The van der Waals surface area contributed by atoms with Crippen LogP contribution in [0.4, 0.5) is 0 Å². The Morgan fingerprint density at radius 2 is 0.658 bits per heavy atom. The summed E-state index contributed by atoms with van der Waals surface area (Å²) in [7, 11) is 0. The van der Waals surface area contributed by atoms with Gasteiger partial charge in [-0.1, -0.05) is 401 Å². The van der Waals surface area contributed by atoms with Crippen LogP contribution < -0.4 is 21.5 Å². The molecule has 24 heteroatoms. The van der Waals surface area contributed by atoms with Gasteiger partial charge in [-0.2, -0.15) is 0 Å². The van der Waals surface area contributed by atoms with Crippen molar-refractivity contribution in [3.8, 4) is 0 Å². The van der Waals surface area contributed by atoms with Crippen molar-refractivity contribution < 1.29 is 23.9 Å². The quantitative estimate of drug-likeness (QED) is 0.166. The number of hydrazine groups is 1. The standard InChI is InChI=1S/C4H8N2.C4H7NO.2C4H7NS.C4H7N.2C3H6N2.C3H5NO2.2C3H5NO.2C3H5NS.24C2H6.7CH4/c3*1-2-5-4-6-3-1;1-2-4-6-5-3-1;1-2-4-5-3-1;1-2-5-3-4-1;1-2-4-5-3-1;1-2-6-4-3-5-1;1-2-5-3-4-1;1-2-4-5-3-1;1-2-5-3-4-1;1-2-4-5-3-1;24*1-2;;;;;;;/h4H,1-3H2,(H,5,6);2*4H,1-3H2;3H,1-2,4H2;3H,1-2,4H2;3H,1-2H2,(H,4,5);1-2,4-5H,3H2;3H,1-2H2;3H,1-2H2;2H,1,3H2;3H,1-2H2;2H,1,3H2;24*1-2H3;7*1H4. The third kappa shape index (κ3) is 392. The Labute approximate surface area is 785 Å². The number of rotatable bonds is 0. The van der Waals surface area contributed by atoms with Crippen molar-refractivity contribution in [2.24, 2.45) is 54.1 Å². The van der Waals surface area contributed by atoms with E-state index in [1.165, 1.54) is 87.2 Å². The lowest BCUT2D eigenvalue weighted by Crippen LogP contribution is -2.19. The van der Waals surface area contributed by atoms with Crippen molar-refractivity contribution in [3.05, 3.63) is 12.3 Å². The third-order valence-corrected chi connectivity index (χ3v) is 10.2. The molecule has 0 aromatic heterocycles. The van der Waals surface area contributed by atoms with Gasteiger partial charge in [0.2, 0.25) is 6.40 Å². The Balaban J connectivity index is -0.0000000237. The average molecular weight is 1820 g/mol. The van der Waals surface area contributed by atoms with Gasteiger partial charge in [-0.15, -0.1) is 23.5 Å². The molecule has 0 aromatic rings. The molecule has 0 spiro atoms. The second kappa shape index (κ2) is 402. The molecule has 12 aliphatic rings. The largest absolute Gasteiger partial charge is 0.483 e. The first-order valence-electron chi connectivity index (χ1n) is 46.1. The molecule has 0 aliphatic carbocycles. The summed E-state index contributed by atoms with van der Waals surface area (Å²) in [5.41, 5.74) is 9.49. The third-order valence-electron chi connectivity index (χ3n) is 7.18. The second-order valence-corrected chi connectivity index (χ2v) is 16.4. The fraction of sp³-hybridized carbons (Fsp3) is 0.865. The van der Waals surface area contributed by atoms with Gasteiger partial charge in [0.15, 0.2) is 19.4 Å². The predicted molar refractivity (Wildman–Crippen MR) is 604 cm³/mol. The zero-order valence-corrected chi connectivity index (χ0v) is 89.2. The Kier molecular flexibility index (Phi) is 711. The molecule has 12 aliphatic heterocycles.